The predicted octanol–water partition coefficient (Wildman–Crippen LogP) is 3.22. The van der Waals surface area contributed by atoms with Crippen LogP contribution < -0.4 is 0 Å². The van der Waals surface area contributed by atoms with Gasteiger partial charge in [-0.2, -0.15) is 0 Å². The molecule has 0 N–H and O–H groups in total. The maximum Gasteiger partial charge on any atom is 0.325 e. The van der Waals surface area contributed by atoms with Gasteiger partial charge in [-0.05, 0) is 31.6 Å². The van der Waals surface area contributed by atoms with Crippen molar-refractivity contribution < 1.29 is 14.3 Å². The minimum atomic E-state index is -0.387. The van der Waals surface area contributed by atoms with Crippen LogP contribution in [0.1, 0.15) is 25.1 Å². The van der Waals surface area contributed by atoms with Gasteiger partial charge >= 0.3 is 5.97 Å². The van der Waals surface area contributed by atoms with Crippen LogP contribution in [0.15, 0.2) is 18.2 Å². The Morgan fingerprint density at radius 3 is 2.70 bits per heavy atom. The number of ether oxygens (including phenoxy) is 1. The Balaban J connectivity index is 2.63. The van der Waals surface area contributed by atoms with Crippen LogP contribution in [0.2, 0.25) is 4.34 Å². The molecule has 0 aliphatic heterocycles. The zero-order chi connectivity index (χ0) is 15.0. The van der Waals surface area contributed by atoms with Gasteiger partial charge in [0.1, 0.15) is 6.54 Å². The average molecular weight is 316 g/mol. The molecule has 6 heteroatoms. The number of hydrogen-bond acceptors (Lipinski definition) is 4. The van der Waals surface area contributed by atoms with E-state index in [2.05, 4.69) is 0 Å². The molecule has 1 amide bonds. The van der Waals surface area contributed by atoms with Crippen LogP contribution in [0.3, 0.4) is 0 Å². The Morgan fingerprint density at radius 2 is 2.15 bits per heavy atom. The minimum Gasteiger partial charge on any atom is -0.465 e. The molecule has 4 nitrogen and oxygen atoms in total. The van der Waals surface area contributed by atoms with Gasteiger partial charge in [-0.1, -0.05) is 18.5 Å². The van der Waals surface area contributed by atoms with E-state index in [1.807, 2.05) is 13.0 Å². The van der Waals surface area contributed by atoms with Gasteiger partial charge < -0.3 is 9.64 Å². The molecular weight excluding hydrogens is 298 g/mol. The SMILES string of the molecule is CCCN(CC(=O)OCC)C(=O)/C=C/c1ccc(Cl)s1. The zero-order valence-electron chi connectivity index (χ0n) is 11.6. The van der Waals surface area contributed by atoms with Crippen molar-refractivity contribution in [3.05, 3.63) is 27.4 Å². The molecule has 0 saturated heterocycles. The largest absolute Gasteiger partial charge is 0.465 e. The Morgan fingerprint density at radius 1 is 1.40 bits per heavy atom. The van der Waals surface area contributed by atoms with Gasteiger partial charge in [0.05, 0.1) is 10.9 Å². The van der Waals surface area contributed by atoms with Crippen molar-refractivity contribution in [3.8, 4) is 0 Å². The Bertz CT molecular complexity index is 485. The smallest absolute Gasteiger partial charge is 0.325 e. The molecule has 20 heavy (non-hydrogen) atoms. The van der Waals surface area contributed by atoms with E-state index in [1.54, 1.807) is 19.1 Å². The molecule has 0 unspecified atom stereocenters. The van der Waals surface area contributed by atoms with Crippen molar-refractivity contribution in [1.82, 2.24) is 4.90 Å². The van der Waals surface area contributed by atoms with Crippen LogP contribution in [-0.2, 0) is 14.3 Å². The summed E-state index contributed by atoms with van der Waals surface area (Å²) in [5.41, 5.74) is 0. The lowest BCUT2D eigenvalue weighted by molar-refractivity contribution is -0.147. The van der Waals surface area contributed by atoms with Gasteiger partial charge in [-0.3, -0.25) is 9.59 Å². The predicted molar refractivity (Wildman–Crippen MR) is 81.9 cm³/mol. The summed E-state index contributed by atoms with van der Waals surface area (Å²) in [6.07, 6.45) is 3.94. The first-order chi connectivity index (χ1) is 9.56. The summed E-state index contributed by atoms with van der Waals surface area (Å²) in [7, 11) is 0. The molecule has 1 aromatic heterocycles. The van der Waals surface area contributed by atoms with Gasteiger partial charge in [-0.15, -0.1) is 11.3 Å². The van der Waals surface area contributed by atoms with E-state index in [0.29, 0.717) is 17.5 Å². The summed E-state index contributed by atoms with van der Waals surface area (Å²) < 4.78 is 5.54. The summed E-state index contributed by atoms with van der Waals surface area (Å²) in [4.78, 5) is 25.9. The number of esters is 1. The number of amides is 1. The van der Waals surface area contributed by atoms with Crippen LogP contribution >= 0.6 is 22.9 Å². The summed E-state index contributed by atoms with van der Waals surface area (Å²) in [6.45, 7) is 4.51. The van der Waals surface area contributed by atoms with Crippen molar-refractivity contribution in [2.45, 2.75) is 20.3 Å². The lowest BCUT2D eigenvalue weighted by atomic mass is 10.3. The lowest BCUT2D eigenvalue weighted by Crippen LogP contribution is -2.36. The van der Waals surface area contributed by atoms with Crippen LogP contribution in [0.5, 0.6) is 0 Å². The van der Waals surface area contributed by atoms with E-state index in [0.717, 1.165) is 11.3 Å². The second-order valence-corrected chi connectivity index (χ2v) is 5.79. The van der Waals surface area contributed by atoms with Crippen molar-refractivity contribution in [2.75, 3.05) is 19.7 Å². The zero-order valence-corrected chi connectivity index (χ0v) is 13.2. The highest BCUT2D eigenvalue weighted by Crippen LogP contribution is 2.22. The van der Waals surface area contributed by atoms with E-state index in [4.69, 9.17) is 16.3 Å². The number of thiophene rings is 1. The van der Waals surface area contributed by atoms with Crippen LogP contribution in [0.4, 0.5) is 0 Å². The van der Waals surface area contributed by atoms with Gasteiger partial charge in [0.25, 0.3) is 0 Å². The number of nitrogens with zero attached hydrogens (tertiary/aromatic N) is 1. The lowest BCUT2D eigenvalue weighted by Gasteiger charge is -2.19. The summed E-state index contributed by atoms with van der Waals surface area (Å²) >= 11 is 7.21. The van der Waals surface area contributed by atoms with Gasteiger partial charge in [0.15, 0.2) is 0 Å². The highest BCUT2D eigenvalue weighted by molar-refractivity contribution is 7.17. The highest BCUT2D eigenvalue weighted by atomic mass is 35.5. The van der Waals surface area contributed by atoms with Gasteiger partial charge in [-0.25, -0.2) is 0 Å². The summed E-state index contributed by atoms with van der Waals surface area (Å²) in [5, 5.41) is 0. The van der Waals surface area contributed by atoms with E-state index in [1.165, 1.54) is 22.3 Å². The fourth-order valence-electron chi connectivity index (χ4n) is 1.58. The Kier molecular flexibility index (Phi) is 7.33. The van der Waals surface area contributed by atoms with Gasteiger partial charge in [0.2, 0.25) is 5.91 Å². The van der Waals surface area contributed by atoms with Crippen LogP contribution in [0, 0.1) is 0 Å². The molecule has 0 aliphatic rings. The first kappa shape index (κ1) is 16.7. The maximum atomic E-state index is 12.1. The molecule has 0 atom stereocenters. The third-order valence-corrected chi connectivity index (χ3v) is 3.61. The Hall–Kier alpha value is -1.33. The van der Waals surface area contributed by atoms with Crippen molar-refractivity contribution >= 4 is 40.9 Å². The molecule has 1 aromatic rings. The van der Waals surface area contributed by atoms with Crippen molar-refractivity contribution in [1.29, 1.82) is 0 Å². The number of rotatable bonds is 7. The quantitative estimate of drug-likeness (QED) is 0.573. The molecule has 0 fully saturated rings. The molecule has 0 saturated carbocycles. The second kappa shape index (κ2) is 8.76. The number of carbonyl (C=O) groups excluding carboxylic acids is 2. The minimum absolute atomic E-state index is 0.0178. The second-order valence-electron chi connectivity index (χ2n) is 4.04. The van der Waals surface area contributed by atoms with Crippen LogP contribution in [0.25, 0.3) is 6.08 Å². The molecule has 0 spiro atoms. The summed E-state index contributed by atoms with van der Waals surface area (Å²) in [5.74, 6) is -0.591. The molecule has 0 radical (unpaired) electrons. The van der Waals surface area contributed by atoms with Gasteiger partial charge in [0, 0.05) is 17.5 Å². The van der Waals surface area contributed by atoms with E-state index < -0.39 is 0 Å². The molecule has 1 rings (SSSR count). The molecule has 0 aromatic carbocycles. The third-order valence-electron chi connectivity index (χ3n) is 2.41. The van der Waals surface area contributed by atoms with Crippen molar-refractivity contribution in [3.63, 3.8) is 0 Å². The molecule has 0 aliphatic carbocycles. The highest BCUT2D eigenvalue weighted by Gasteiger charge is 2.14. The Labute approximate surface area is 128 Å². The fourth-order valence-corrected chi connectivity index (χ4v) is 2.54. The molecule has 0 bridgehead atoms. The number of hydrogen-bond donors (Lipinski definition) is 0. The number of carbonyl (C=O) groups is 2. The summed E-state index contributed by atoms with van der Waals surface area (Å²) in [6, 6.07) is 3.62. The molecule has 1 heterocycles. The monoisotopic (exact) mass is 315 g/mol. The molecular formula is C14H18ClNO3S. The normalized spacial score (nSPS) is 10.8. The van der Waals surface area contributed by atoms with E-state index in [-0.39, 0.29) is 18.4 Å². The standard InChI is InChI=1S/C14H18ClNO3S/c1-3-9-16(10-14(18)19-4-2)13(17)8-6-11-5-7-12(15)20-11/h5-8H,3-4,9-10H2,1-2H3/b8-6+. The fraction of sp³-hybridized carbons (Fsp3) is 0.429. The third kappa shape index (κ3) is 5.75. The van der Waals surface area contributed by atoms with Crippen LogP contribution in [-0.4, -0.2) is 36.5 Å². The maximum absolute atomic E-state index is 12.1. The van der Waals surface area contributed by atoms with Crippen molar-refractivity contribution in [2.24, 2.45) is 0 Å². The average Bonchev–Trinajstić information content (AvgIpc) is 2.81. The topological polar surface area (TPSA) is 46.6 Å². The first-order valence-corrected chi connectivity index (χ1v) is 7.64. The number of halogens is 1. The first-order valence-electron chi connectivity index (χ1n) is 6.44. The molecule has 110 valence electrons. The van der Waals surface area contributed by atoms with E-state index in [9.17, 15) is 9.59 Å². The van der Waals surface area contributed by atoms with E-state index >= 15 is 0 Å².